The normalized spacial score (nSPS) is 16.1. The molecule has 1 aromatic carbocycles. The summed E-state index contributed by atoms with van der Waals surface area (Å²) in [7, 11) is 2.19. The highest BCUT2D eigenvalue weighted by molar-refractivity contribution is 5.72. The molecule has 0 spiro atoms. The average Bonchev–Trinajstić information content (AvgIpc) is 2.46. The number of nitrogens with one attached hydrogen (secondary N) is 1. The zero-order chi connectivity index (χ0) is 14.4. The van der Waals surface area contributed by atoms with Crippen LogP contribution in [0.25, 0.3) is 0 Å². The number of hydrogen-bond acceptors (Lipinski definition) is 3. The van der Waals surface area contributed by atoms with Gasteiger partial charge in [-0.25, -0.2) is 0 Å². The molecule has 3 nitrogen and oxygen atoms in total. The SMILES string of the molecule is CCNC(C)CCCCN1CCN(C)c2ccccc21. The van der Waals surface area contributed by atoms with E-state index in [-0.39, 0.29) is 0 Å². The van der Waals surface area contributed by atoms with E-state index in [1.807, 2.05) is 0 Å². The van der Waals surface area contributed by atoms with E-state index in [1.54, 1.807) is 0 Å². The van der Waals surface area contributed by atoms with E-state index in [9.17, 15) is 0 Å². The van der Waals surface area contributed by atoms with Crippen molar-refractivity contribution in [2.24, 2.45) is 0 Å². The van der Waals surface area contributed by atoms with Crippen molar-refractivity contribution in [2.75, 3.05) is 43.0 Å². The second kappa shape index (κ2) is 7.53. The molecule has 1 aliphatic heterocycles. The summed E-state index contributed by atoms with van der Waals surface area (Å²) in [6, 6.07) is 9.43. The highest BCUT2D eigenvalue weighted by Gasteiger charge is 2.18. The van der Waals surface area contributed by atoms with Gasteiger partial charge < -0.3 is 15.1 Å². The van der Waals surface area contributed by atoms with E-state index in [2.05, 4.69) is 60.3 Å². The molecule has 0 aromatic heterocycles. The molecule has 0 bridgehead atoms. The second-order valence-corrected chi connectivity index (χ2v) is 5.85. The molecule has 20 heavy (non-hydrogen) atoms. The molecule has 1 heterocycles. The van der Waals surface area contributed by atoms with E-state index in [4.69, 9.17) is 0 Å². The van der Waals surface area contributed by atoms with Crippen LogP contribution < -0.4 is 15.1 Å². The van der Waals surface area contributed by atoms with Crippen LogP contribution in [0, 0.1) is 0 Å². The summed E-state index contributed by atoms with van der Waals surface area (Å²) in [4.78, 5) is 4.91. The van der Waals surface area contributed by atoms with Gasteiger partial charge in [0.25, 0.3) is 0 Å². The Hall–Kier alpha value is -1.22. The first kappa shape index (κ1) is 15.2. The maximum absolute atomic E-state index is 3.49. The standard InChI is InChI=1S/C17H29N3/c1-4-18-15(2)9-7-8-12-20-14-13-19(3)16-10-5-6-11-17(16)20/h5-6,10-11,15,18H,4,7-9,12-14H2,1-3H3. The Bertz CT molecular complexity index is 405. The van der Waals surface area contributed by atoms with Crippen LogP contribution in [0.2, 0.25) is 0 Å². The smallest absolute Gasteiger partial charge is 0.0604 e. The summed E-state index contributed by atoms with van der Waals surface area (Å²) >= 11 is 0. The summed E-state index contributed by atoms with van der Waals surface area (Å²) in [6.45, 7) is 9.00. The zero-order valence-electron chi connectivity index (χ0n) is 13.2. The second-order valence-electron chi connectivity index (χ2n) is 5.85. The van der Waals surface area contributed by atoms with Crippen LogP contribution in [-0.2, 0) is 0 Å². The van der Waals surface area contributed by atoms with Gasteiger partial charge in [0.1, 0.15) is 0 Å². The Morgan fingerprint density at radius 1 is 1.15 bits per heavy atom. The van der Waals surface area contributed by atoms with Gasteiger partial charge >= 0.3 is 0 Å². The molecular weight excluding hydrogens is 246 g/mol. The molecule has 112 valence electrons. The van der Waals surface area contributed by atoms with Gasteiger partial charge in [-0.3, -0.25) is 0 Å². The molecule has 0 radical (unpaired) electrons. The molecule has 1 aromatic rings. The third-order valence-electron chi connectivity index (χ3n) is 4.21. The molecule has 0 saturated heterocycles. The van der Waals surface area contributed by atoms with Crippen molar-refractivity contribution in [2.45, 2.75) is 39.2 Å². The van der Waals surface area contributed by atoms with Gasteiger partial charge in [0.2, 0.25) is 0 Å². The van der Waals surface area contributed by atoms with Gasteiger partial charge in [-0.15, -0.1) is 0 Å². The first-order valence-electron chi connectivity index (χ1n) is 8.01. The van der Waals surface area contributed by atoms with Crippen molar-refractivity contribution in [1.29, 1.82) is 0 Å². The average molecular weight is 275 g/mol. The molecule has 0 saturated carbocycles. The fraction of sp³-hybridized carbons (Fsp3) is 0.647. The Kier molecular flexibility index (Phi) is 5.72. The van der Waals surface area contributed by atoms with Crippen LogP contribution in [-0.4, -0.2) is 39.3 Å². The van der Waals surface area contributed by atoms with Crippen LogP contribution in [0.15, 0.2) is 24.3 Å². The summed E-state index contributed by atoms with van der Waals surface area (Å²) in [5.41, 5.74) is 2.78. The fourth-order valence-electron chi connectivity index (χ4n) is 3.00. The lowest BCUT2D eigenvalue weighted by Gasteiger charge is -2.37. The number of rotatable bonds is 7. The maximum Gasteiger partial charge on any atom is 0.0604 e. The molecule has 1 unspecified atom stereocenters. The van der Waals surface area contributed by atoms with Crippen LogP contribution in [0.4, 0.5) is 11.4 Å². The summed E-state index contributed by atoms with van der Waals surface area (Å²) in [6.07, 6.45) is 3.87. The van der Waals surface area contributed by atoms with Crippen LogP contribution in [0.1, 0.15) is 33.1 Å². The molecule has 1 aliphatic rings. The lowest BCUT2D eigenvalue weighted by atomic mass is 10.1. The summed E-state index contributed by atoms with van der Waals surface area (Å²) in [5.74, 6) is 0. The number of hydrogen-bond donors (Lipinski definition) is 1. The molecule has 0 aliphatic carbocycles. The number of benzene rings is 1. The van der Waals surface area contributed by atoms with E-state index >= 15 is 0 Å². The van der Waals surface area contributed by atoms with Gasteiger partial charge in [-0.05, 0) is 38.4 Å². The number of fused-ring (bicyclic) bond motifs is 1. The highest BCUT2D eigenvalue weighted by Crippen LogP contribution is 2.31. The van der Waals surface area contributed by atoms with Gasteiger partial charge in [0.15, 0.2) is 0 Å². The van der Waals surface area contributed by atoms with Gasteiger partial charge in [-0.2, -0.15) is 0 Å². The topological polar surface area (TPSA) is 18.5 Å². The summed E-state index contributed by atoms with van der Waals surface area (Å²) < 4.78 is 0. The molecule has 0 fully saturated rings. The van der Waals surface area contributed by atoms with Crippen molar-refractivity contribution >= 4 is 11.4 Å². The molecular formula is C17H29N3. The van der Waals surface area contributed by atoms with Gasteiger partial charge in [-0.1, -0.05) is 25.5 Å². The minimum atomic E-state index is 0.653. The third kappa shape index (κ3) is 3.89. The van der Waals surface area contributed by atoms with Crippen LogP contribution in [0.3, 0.4) is 0 Å². The first-order chi connectivity index (χ1) is 9.72. The summed E-state index contributed by atoms with van der Waals surface area (Å²) in [5, 5.41) is 3.49. The van der Waals surface area contributed by atoms with Crippen molar-refractivity contribution in [1.82, 2.24) is 5.32 Å². The Balaban J connectivity index is 1.81. The van der Waals surface area contributed by atoms with Crippen molar-refractivity contribution in [3.63, 3.8) is 0 Å². The fourth-order valence-corrected chi connectivity index (χ4v) is 3.00. The zero-order valence-corrected chi connectivity index (χ0v) is 13.2. The molecule has 0 amide bonds. The Labute approximate surface area is 124 Å². The number of nitrogens with zero attached hydrogens (tertiary/aromatic N) is 2. The minimum Gasteiger partial charge on any atom is -0.371 e. The van der Waals surface area contributed by atoms with Crippen molar-refractivity contribution < 1.29 is 0 Å². The van der Waals surface area contributed by atoms with Gasteiger partial charge in [0.05, 0.1) is 11.4 Å². The van der Waals surface area contributed by atoms with Crippen molar-refractivity contribution in [3.8, 4) is 0 Å². The number of anilines is 2. The lowest BCUT2D eigenvalue weighted by molar-refractivity contribution is 0.500. The number of para-hydroxylation sites is 2. The monoisotopic (exact) mass is 275 g/mol. The molecule has 1 N–H and O–H groups in total. The molecule has 2 rings (SSSR count). The third-order valence-corrected chi connectivity index (χ3v) is 4.21. The quantitative estimate of drug-likeness (QED) is 0.771. The Morgan fingerprint density at radius 3 is 2.65 bits per heavy atom. The van der Waals surface area contributed by atoms with E-state index in [1.165, 1.54) is 37.2 Å². The maximum atomic E-state index is 3.49. The highest BCUT2D eigenvalue weighted by atomic mass is 15.2. The van der Waals surface area contributed by atoms with E-state index in [0.717, 1.165) is 19.6 Å². The van der Waals surface area contributed by atoms with Crippen LogP contribution >= 0.6 is 0 Å². The lowest BCUT2D eigenvalue weighted by Crippen LogP contribution is -2.39. The Morgan fingerprint density at radius 2 is 1.90 bits per heavy atom. The predicted molar refractivity (Wildman–Crippen MR) is 88.9 cm³/mol. The van der Waals surface area contributed by atoms with Crippen molar-refractivity contribution in [3.05, 3.63) is 24.3 Å². The first-order valence-corrected chi connectivity index (χ1v) is 8.01. The number of unbranched alkanes of at least 4 members (excludes halogenated alkanes) is 1. The van der Waals surface area contributed by atoms with Crippen LogP contribution in [0.5, 0.6) is 0 Å². The molecule has 3 heteroatoms. The minimum absolute atomic E-state index is 0.653. The molecule has 1 atom stereocenters. The number of likely N-dealkylation sites (N-methyl/N-ethyl adjacent to an activating group) is 1. The van der Waals surface area contributed by atoms with Gasteiger partial charge in [0, 0.05) is 32.7 Å². The van der Waals surface area contributed by atoms with E-state index < -0.39 is 0 Å². The van der Waals surface area contributed by atoms with E-state index in [0.29, 0.717) is 6.04 Å². The largest absolute Gasteiger partial charge is 0.371 e. The predicted octanol–water partition coefficient (Wildman–Crippen LogP) is 3.11.